The molecule has 1 aliphatic heterocycles. The van der Waals surface area contributed by atoms with Crippen molar-refractivity contribution in [2.75, 3.05) is 4.90 Å². The summed E-state index contributed by atoms with van der Waals surface area (Å²) in [5.41, 5.74) is 3.29. The lowest BCUT2D eigenvalue weighted by Crippen LogP contribution is -2.27. The summed E-state index contributed by atoms with van der Waals surface area (Å²) in [5.74, 6) is -0.366. The van der Waals surface area contributed by atoms with Gasteiger partial charge < -0.3 is 4.57 Å². The largest absolute Gasteiger partial charge is 0.342 e. The highest BCUT2D eigenvalue weighted by Crippen LogP contribution is 2.38. The molecule has 8 heteroatoms. The summed E-state index contributed by atoms with van der Waals surface area (Å²) >= 11 is 16.9. The molecule has 0 atom stereocenters. The van der Waals surface area contributed by atoms with Gasteiger partial charge >= 0.3 is 0 Å². The van der Waals surface area contributed by atoms with Crippen molar-refractivity contribution in [3.05, 3.63) is 103 Å². The third-order valence-corrected chi connectivity index (χ3v) is 7.29. The summed E-state index contributed by atoms with van der Waals surface area (Å²) in [6.07, 6.45) is 3.75. The van der Waals surface area contributed by atoms with Crippen LogP contribution in [0.2, 0.25) is 10.0 Å². The molecule has 0 bridgehead atoms. The second-order valence-corrected chi connectivity index (χ2v) is 10.2. The standard InChI is InChI=1S/C25H15BrCl2N2O2S/c26-17-8-9-22-20(11-17)16(14-29(22)13-15-4-1-2-7-21(15)28)10-23-24(31)30(25(32)33-23)19-6-3-5-18(27)12-19/h1-12,14H,13H2/b23-10-. The normalized spacial score (nSPS) is 15.2. The molecule has 0 N–H and O–H groups in total. The van der Waals surface area contributed by atoms with Gasteiger partial charge in [-0.05, 0) is 65.9 Å². The van der Waals surface area contributed by atoms with Crippen LogP contribution in [0.1, 0.15) is 11.1 Å². The minimum Gasteiger partial charge on any atom is -0.342 e. The fourth-order valence-corrected chi connectivity index (χ4v) is 5.37. The molecule has 4 nitrogen and oxygen atoms in total. The Bertz CT molecular complexity index is 1460. The van der Waals surface area contributed by atoms with Gasteiger partial charge in [0.15, 0.2) is 0 Å². The van der Waals surface area contributed by atoms with Crippen molar-refractivity contribution in [1.82, 2.24) is 4.57 Å². The van der Waals surface area contributed by atoms with Crippen LogP contribution in [0.25, 0.3) is 17.0 Å². The van der Waals surface area contributed by atoms with E-state index in [2.05, 4.69) is 20.5 Å². The number of fused-ring (bicyclic) bond motifs is 1. The number of amides is 2. The van der Waals surface area contributed by atoms with Crippen LogP contribution >= 0.6 is 50.9 Å². The van der Waals surface area contributed by atoms with Crippen LogP contribution < -0.4 is 4.90 Å². The second-order valence-electron chi connectivity index (χ2n) is 7.46. The number of carbonyl (C=O) groups is 2. The van der Waals surface area contributed by atoms with E-state index < -0.39 is 0 Å². The van der Waals surface area contributed by atoms with Crippen molar-refractivity contribution in [2.24, 2.45) is 0 Å². The summed E-state index contributed by atoms with van der Waals surface area (Å²) in [4.78, 5) is 27.3. The quantitative estimate of drug-likeness (QED) is 0.239. The first kappa shape index (κ1) is 22.3. The molecule has 4 aromatic rings. The molecule has 0 saturated carbocycles. The lowest BCUT2D eigenvalue weighted by atomic mass is 10.1. The Morgan fingerprint density at radius 3 is 2.58 bits per heavy atom. The number of carbonyl (C=O) groups excluding carboxylic acids is 2. The minimum atomic E-state index is -0.366. The number of imide groups is 1. The maximum absolute atomic E-state index is 13.1. The van der Waals surface area contributed by atoms with Crippen molar-refractivity contribution in [3.8, 4) is 0 Å². The Balaban J connectivity index is 1.56. The van der Waals surface area contributed by atoms with Crippen molar-refractivity contribution >= 4 is 84.7 Å². The van der Waals surface area contributed by atoms with Crippen LogP contribution in [-0.4, -0.2) is 15.7 Å². The third-order valence-electron chi connectivity index (χ3n) is 5.32. The van der Waals surface area contributed by atoms with Crippen LogP contribution in [0.5, 0.6) is 0 Å². The van der Waals surface area contributed by atoms with Gasteiger partial charge in [-0.25, -0.2) is 4.90 Å². The van der Waals surface area contributed by atoms with E-state index in [0.29, 0.717) is 27.2 Å². The van der Waals surface area contributed by atoms with Gasteiger partial charge in [0.2, 0.25) is 0 Å². The number of halogens is 3. The molecule has 164 valence electrons. The van der Waals surface area contributed by atoms with Crippen LogP contribution in [-0.2, 0) is 11.3 Å². The molecule has 0 aliphatic carbocycles. The highest BCUT2D eigenvalue weighted by Gasteiger charge is 2.36. The average Bonchev–Trinajstić information content (AvgIpc) is 3.25. The van der Waals surface area contributed by atoms with Crippen LogP contribution in [0.4, 0.5) is 10.5 Å². The molecule has 33 heavy (non-hydrogen) atoms. The number of aromatic nitrogens is 1. The smallest absolute Gasteiger partial charge is 0.298 e. The van der Waals surface area contributed by atoms with E-state index in [4.69, 9.17) is 23.2 Å². The SMILES string of the molecule is O=C1S/C(=C\c2cn(Cc3ccccc3Cl)c3ccc(Br)cc23)C(=O)N1c1cccc(Cl)c1. The van der Waals surface area contributed by atoms with E-state index in [1.807, 2.05) is 48.7 Å². The van der Waals surface area contributed by atoms with Crippen LogP contribution in [0, 0.1) is 0 Å². The topological polar surface area (TPSA) is 42.3 Å². The molecule has 0 spiro atoms. The minimum absolute atomic E-state index is 0.352. The first-order valence-electron chi connectivity index (χ1n) is 9.96. The van der Waals surface area contributed by atoms with E-state index in [-0.39, 0.29) is 11.1 Å². The van der Waals surface area contributed by atoms with E-state index in [1.165, 1.54) is 0 Å². The van der Waals surface area contributed by atoms with E-state index >= 15 is 0 Å². The van der Waals surface area contributed by atoms with E-state index in [1.54, 1.807) is 30.3 Å². The van der Waals surface area contributed by atoms with Gasteiger partial charge in [-0.1, -0.05) is 63.4 Å². The molecular formula is C25H15BrCl2N2O2S. The molecule has 1 aliphatic rings. The molecule has 2 heterocycles. The predicted molar refractivity (Wildman–Crippen MR) is 140 cm³/mol. The molecule has 5 rings (SSSR count). The van der Waals surface area contributed by atoms with Gasteiger partial charge in [0.25, 0.3) is 11.1 Å². The fourth-order valence-electron chi connectivity index (χ4n) is 3.80. The Labute approximate surface area is 212 Å². The molecule has 1 saturated heterocycles. The molecule has 2 amide bonds. The molecule has 1 aromatic heterocycles. The number of rotatable bonds is 4. The van der Waals surface area contributed by atoms with Gasteiger partial charge in [0, 0.05) is 43.7 Å². The maximum atomic E-state index is 13.1. The summed E-state index contributed by atoms with van der Waals surface area (Å²) < 4.78 is 3.02. The fraction of sp³-hybridized carbons (Fsp3) is 0.0400. The molecule has 0 radical (unpaired) electrons. The van der Waals surface area contributed by atoms with Crippen molar-refractivity contribution in [2.45, 2.75) is 6.54 Å². The lowest BCUT2D eigenvalue weighted by Gasteiger charge is -2.12. The second kappa shape index (κ2) is 9.03. The third kappa shape index (κ3) is 4.36. The Hall–Kier alpha value is -2.51. The van der Waals surface area contributed by atoms with Crippen molar-refractivity contribution < 1.29 is 9.59 Å². The monoisotopic (exact) mass is 556 g/mol. The lowest BCUT2D eigenvalue weighted by molar-refractivity contribution is -0.113. The number of thioether (sulfide) groups is 1. The van der Waals surface area contributed by atoms with Crippen LogP contribution in [0.3, 0.4) is 0 Å². The maximum Gasteiger partial charge on any atom is 0.298 e. The first-order chi connectivity index (χ1) is 15.9. The van der Waals surface area contributed by atoms with Gasteiger partial charge in [-0.3, -0.25) is 9.59 Å². The van der Waals surface area contributed by atoms with E-state index in [0.717, 1.165) is 43.2 Å². The summed E-state index contributed by atoms with van der Waals surface area (Å²) in [6.45, 7) is 0.579. The number of anilines is 1. The van der Waals surface area contributed by atoms with E-state index in [9.17, 15) is 9.59 Å². The summed E-state index contributed by atoms with van der Waals surface area (Å²) in [5, 5.41) is 1.77. The van der Waals surface area contributed by atoms with Gasteiger partial charge in [-0.2, -0.15) is 0 Å². The van der Waals surface area contributed by atoms with Gasteiger partial charge in [0.1, 0.15) is 0 Å². The zero-order valence-corrected chi connectivity index (χ0v) is 20.9. The molecule has 3 aromatic carbocycles. The number of nitrogens with zero attached hydrogens (tertiary/aromatic N) is 2. The molecular weight excluding hydrogens is 543 g/mol. The zero-order chi connectivity index (χ0) is 23.1. The van der Waals surface area contributed by atoms with Crippen LogP contribution in [0.15, 0.2) is 82.3 Å². The van der Waals surface area contributed by atoms with Gasteiger partial charge in [-0.15, -0.1) is 0 Å². The molecule has 1 fully saturated rings. The molecule has 0 unspecified atom stereocenters. The Morgan fingerprint density at radius 2 is 1.79 bits per heavy atom. The highest BCUT2D eigenvalue weighted by molar-refractivity contribution is 9.10. The number of benzene rings is 3. The Kier molecular flexibility index (Phi) is 6.10. The number of hydrogen-bond donors (Lipinski definition) is 0. The summed E-state index contributed by atoms with van der Waals surface area (Å²) in [7, 11) is 0. The summed E-state index contributed by atoms with van der Waals surface area (Å²) in [6, 6.07) is 20.4. The number of hydrogen-bond acceptors (Lipinski definition) is 3. The first-order valence-corrected chi connectivity index (χ1v) is 12.3. The van der Waals surface area contributed by atoms with Gasteiger partial charge in [0.05, 0.1) is 10.6 Å². The van der Waals surface area contributed by atoms with Crippen molar-refractivity contribution in [1.29, 1.82) is 0 Å². The zero-order valence-electron chi connectivity index (χ0n) is 17.0. The predicted octanol–water partition coefficient (Wildman–Crippen LogP) is 8.00. The Morgan fingerprint density at radius 1 is 0.970 bits per heavy atom. The highest BCUT2D eigenvalue weighted by atomic mass is 79.9. The van der Waals surface area contributed by atoms with Crippen molar-refractivity contribution in [3.63, 3.8) is 0 Å². The average molecular weight is 558 g/mol.